The van der Waals surface area contributed by atoms with Gasteiger partial charge in [-0.1, -0.05) is 26.8 Å². The molecule has 2 rings (SSSR count). The van der Waals surface area contributed by atoms with Gasteiger partial charge in [-0.25, -0.2) is 0 Å². The average molecular weight is 290 g/mol. The third-order valence-corrected chi connectivity index (χ3v) is 3.88. The fraction of sp³-hybridized carbons (Fsp3) is 0.588. The first-order chi connectivity index (χ1) is 10.1. The van der Waals surface area contributed by atoms with Gasteiger partial charge < -0.3 is 15.4 Å². The molecule has 1 aromatic carbocycles. The summed E-state index contributed by atoms with van der Waals surface area (Å²) in [6.45, 7) is 7.29. The normalized spacial score (nSPS) is 17.6. The summed E-state index contributed by atoms with van der Waals surface area (Å²) in [4.78, 5) is 14.4. The molecule has 1 heterocycles. The van der Waals surface area contributed by atoms with Gasteiger partial charge in [-0.3, -0.25) is 4.79 Å². The molecule has 4 nitrogen and oxygen atoms in total. The average Bonchev–Trinajstić information content (AvgIpc) is 2.50. The molecule has 0 aromatic heterocycles. The number of carbonyl (C=O) groups excluding carboxylic acids is 1. The molecule has 1 atom stereocenters. The summed E-state index contributed by atoms with van der Waals surface area (Å²) in [6, 6.07) is 6.14. The van der Waals surface area contributed by atoms with Gasteiger partial charge >= 0.3 is 0 Å². The van der Waals surface area contributed by atoms with Crippen LogP contribution in [0.1, 0.15) is 39.2 Å². The predicted octanol–water partition coefficient (Wildman–Crippen LogP) is 2.74. The number of hydrogen-bond donors (Lipinski definition) is 1. The Kier molecular flexibility index (Phi) is 5.23. The van der Waals surface area contributed by atoms with Crippen molar-refractivity contribution in [1.82, 2.24) is 0 Å². The van der Waals surface area contributed by atoms with Crippen molar-refractivity contribution < 1.29 is 9.53 Å². The summed E-state index contributed by atoms with van der Waals surface area (Å²) in [7, 11) is 0. The molecule has 0 bridgehead atoms. The molecule has 0 saturated heterocycles. The highest BCUT2D eigenvalue weighted by Gasteiger charge is 2.30. The molecule has 1 aliphatic rings. The van der Waals surface area contributed by atoms with Crippen LogP contribution in [0.15, 0.2) is 18.2 Å². The van der Waals surface area contributed by atoms with Crippen molar-refractivity contribution >= 4 is 11.6 Å². The largest absolute Gasteiger partial charge is 0.486 e. The summed E-state index contributed by atoms with van der Waals surface area (Å²) in [5.74, 6) is 0.966. The fourth-order valence-electron chi connectivity index (χ4n) is 2.59. The molecule has 1 aliphatic heterocycles. The van der Waals surface area contributed by atoms with Crippen LogP contribution in [-0.2, 0) is 11.2 Å². The van der Waals surface area contributed by atoms with E-state index in [1.165, 1.54) is 5.56 Å². The van der Waals surface area contributed by atoms with Gasteiger partial charge in [0.25, 0.3) is 0 Å². The van der Waals surface area contributed by atoms with E-state index in [4.69, 9.17) is 10.5 Å². The number of amides is 1. The zero-order valence-corrected chi connectivity index (χ0v) is 13.3. The molecule has 1 aromatic rings. The molecule has 0 fully saturated rings. The first-order valence-corrected chi connectivity index (χ1v) is 7.87. The van der Waals surface area contributed by atoms with E-state index in [0.29, 0.717) is 13.1 Å². The predicted molar refractivity (Wildman–Crippen MR) is 85.7 cm³/mol. The Hall–Kier alpha value is -1.55. The number of benzene rings is 1. The highest BCUT2D eigenvalue weighted by atomic mass is 16.5. The first kappa shape index (κ1) is 15.8. The number of rotatable bonds is 5. The van der Waals surface area contributed by atoms with Crippen molar-refractivity contribution in [2.24, 2.45) is 11.7 Å². The number of aryl methyl sites for hydroxylation is 1. The maximum absolute atomic E-state index is 12.5. The second kappa shape index (κ2) is 6.94. The molecule has 0 radical (unpaired) electrons. The lowest BCUT2D eigenvalue weighted by molar-refractivity contribution is -0.121. The van der Waals surface area contributed by atoms with Crippen molar-refractivity contribution in [3.8, 4) is 5.75 Å². The Balaban J connectivity index is 2.33. The zero-order chi connectivity index (χ0) is 15.4. The Morgan fingerprint density at radius 2 is 2.24 bits per heavy atom. The van der Waals surface area contributed by atoms with Gasteiger partial charge in [0.2, 0.25) is 5.91 Å². The maximum atomic E-state index is 12.5. The number of nitrogens with zero attached hydrogens (tertiary/aromatic N) is 1. The van der Waals surface area contributed by atoms with Crippen LogP contribution in [0.3, 0.4) is 0 Å². The van der Waals surface area contributed by atoms with Crippen LogP contribution in [0.5, 0.6) is 5.75 Å². The van der Waals surface area contributed by atoms with Crippen molar-refractivity contribution in [2.45, 2.75) is 46.1 Å². The highest BCUT2D eigenvalue weighted by molar-refractivity contribution is 5.96. The number of hydrogen-bond acceptors (Lipinski definition) is 3. The van der Waals surface area contributed by atoms with E-state index >= 15 is 0 Å². The summed E-state index contributed by atoms with van der Waals surface area (Å²) in [5.41, 5.74) is 7.69. The van der Waals surface area contributed by atoms with E-state index in [-0.39, 0.29) is 17.9 Å². The monoisotopic (exact) mass is 290 g/mol. The van der Waals surface area contributed by atoms with Gasteiger partial charge in [0, 0.05) is 5.92 Å². The summed E-state index contributed by atoms with van der Waals surface area (Å²) in [5, 5.41) is 0. The number of fused-ring (bicyclic) bond motifs is 1. The molecular formula is C17H26N2O2. The van der Waals surface area contributed by atoms with Gasteiger partial charge in [-0.2, -0.15) is 0 Å². The zero-order valence-electron chi connectivity index (χ0n) is 13.3. The van der Waals surface area contributed by atoms with Gasteiger partial charge in [0.1, 0.15) is 11.9 Å². The molecule has 1 amide bonds. The van der Waals surface area contributed by atoms with Gasteiger partial charge in [-0.15, -0.1) is 0 Å². The molecule has 2 N–H and O–H groups in total. The van der Waals surface area contributed by atoms with Crippen molar-refractivity contribution in [2.75, 3.05) is 18.0 Å². The number of anilines is 1. The van der Waals surface area contributed by atoms with E-state index < -0.39 is 0 Å². The van der Waals surface area contributed by atoms with Crippen LogP contribution in [-0.4, -0.2) is 25.1 Å². The highest BCUT2D eigenvalue weighted by Crippen LogP contribution is 2.36. The maximum Gasteiger partial charge on any atom is 0.229 e. The third-order valence-electron chi connectivity index (χ3n) is 3.88. The lowest BCUT2D eigenvalue weighted by Gasteiger charge is -2.35. The van der Waals surface area contributed by atoms with E-state index in [2.05, 4.69) is 19.1 Å². The SMILES string of the molecule is CCC1CN(C(=O)C(C)C)c2cc(CCCN)ccc2O1. The molecule has 0 aliphatic carbocycles. The molecule has 0 saturated carbocycles. The van der Waals surface area contributed by atoms with Gasteiger partial charge in [0.15, 0.2) is 0 Å². The van der Waals surface area contributed by atoms with Crippen LogP contribution >= 0.6 is 0 Å². The van der Waals surface area contributed by atoms with Crippen LogP contribution in [0.4, 0.5) is 5.69 Å². The minimum atomic E-state index is -0.0128. The van der Waals surface area contributed by atoms with Crippen molar-refractivity contribution in [3.63, 3.8) is 0 Å². The molecular weight excluding hydrogens is 264 g/mol. The summed E-state index contributed by atoms with van der Waals surface area (Å²) < 4.78 is 5.98. The minimum Gasteiger partial charge on any atom is -0.486 e. The topological polar surface area (TPSA) is 55.6 Å². The van der Waals surface area contributed by atoms with Crippen LogP contribution in [0.25, 0.3) is 0 Å². The molecule has 4 heteroatoms. The Bertz CT molecular complexity index is 500. The van der Waals surface area contributed by atoms with Crippen LogP contribution < -0.4 is 15.4 Å². The summed E-state index contributed by atoms with van der Waals surface area (Å²) in [6.07, 6.45) is 2.87. The number of nitrogens with two attached hydrogens (primary N) is 1. The summed E-state index contributed by atoms with van der Waals surface area (Å²) >= 11 is 0. The quantitative estimate of drug-likeness (QED) is 0.907. The minimum absolute atomic E-state index is 0.0128. The van der Waals surface area contributed by atoms with E-state index in [1.807, 2.05) is 24.8 Å². The lowest BCUT2D eigenvalue weighted by atomic mass is 10.0. The molecule has 116 valence electrons. The van der Waals surface area contributed by atoms with Crippen molar-refractivity contribution in [3.05, 3.63) is 23.8 Å². The number of carbonyl (C=O) groups is 1. The van der Waals surface area contributed by atoms with E-state index in [0.717, 1.165) is 30.7 Å². The molecule has 1 unspecified atom stereocenters. The van der Waals surface area contributed by atoms with Crippen molar-refractivity contribution in [1.29, 1.82) is 0 Å². The fourth-order valence-corrected chi connectivity index (χ4v) is 2.59. The number of ether oxygens (including phenoxy) is 1. The third kappa shape index (κ3) is 3.56. The Labute approximate surface area is 127 Å². The lowest BCUT2D eigenvalue weighted by Crippen LogP contribution is -2.45. The Morgan fingerprint density at radius 1 is 1.48 bits per heavy atom. The standard InChI is InChI=1S/C17H26N2O2/c1-4-14-11-19(17(20)12(2)3)15-10-13(6-5-9-18)7-8-16(15)21-14/h7-8,10,12,14H,4-6,9,11,18H2,1-3H3. The smallest absolute Gasteiger partial charge is 0.229 e. The van der Waals surface area contributed by atoms with Gasteiger partial charge in [0.05, 0.1) is 12.2 Å². The second-order valence-corrected chi connectivity index (χ2v) is 5.95. The van der Waals surface area contributed by atoms with Gasteiger partial charge in [-0.05, 0) is 43.5 Å². The molecule has 0 spiro atoms. The second-order valence-electron chi connectivity index (χ2n) is 5.95. The van der Waals surface area contributed by atoms with Crippen LogP contribution in [0.2, 0.25) is 0 Å². The Morgan fingerprint density at radius 3 is 2.86 bits per heavy atom. The van der Waals surface area contributed by atoms with E-state index in [1.54, 1.807) is 0 Å². The van der Waals surface area contributed by atoms with Crippen LogP contribution in [0, 0.1) is 5.92 Å². The molecule has 21 heavy (non-hydrogen) atoms. The van der Waals surface area contributed by atoms with E-state index in [9.17, 15) is 4.79 Å². The first-order valence-electron chi connectivity index (χ1n) is 7.87.